The Morgan fingerprint density at radius 3 is 2.55 bits per heavy atom. The molecule has 29 heavy (non-hydrogen) atoms. The molecule has 1 N–H and O–H groups in total. The second kappa shape index (κ2) is 7.66. The lowest BCUT2D eigenvalue weighted by molar-refractivity contribution is -0.122. The van der Waals surface area contributed by atoms with Gasteiger partial charge in [-0.15, -0.1) is 0 Å². The Labute approximate surface area is 173 Å². The summed E-state index contributed by atoms with van der Waals surface area (Å²) in [4.78, 5) is 23.3. The number of benzene rings is 2. The van der Waals surface area contributed by atoms with Crippen LogP contribution in [0.2, 0.25) is 0 Å². The van der Waals surface area contributed by atoms with Gasteiger partial charge in [-0.2, -0.15) is 0 Å². The summed E-state index contributed by atoms with van der Waals surface area (Å²) in [6.45, 7) is 9.16. The number of anilines is 1. The third-order valence-electron chi connectivity index (χ3n) is 6.15. The Morgan fingerprint density at radius 2 is 1.83 bits per heavy atom. The van der Waals surface area contributed by atoms with Crippen LogP contribution in [0.1, 0.15) is 62.5 Å². The molecule has 0 spiro atoms. The van der Waals surface area contributed by atoms with Crippen LogP contribution in [0.5, 0.6) is 0 Å². The molecule has 0 fully saturated rings. The first-order valence-corrected chi connectivity index (χ1v) is 10.8. The first-order valence-electron chi connectivity index (χ1n) is 10.8. The number of nitrogens with one attached hydrogen (secondary N) is 1. The van der Waals surface area contributed by atoms with E-state index in [-0.39, 0.29) is 5.91 Å². The molecule has 4 rings (SSSR count). The summed E-state index contributed by atoms with van der Waals surface area (Å²) in [7, 11) is 0. The molecule has 0 saturated carbocycles. The second-order valence-corrected chi connectivity index (χ2v) is 8.84. The molecule has 1 amide bonds. The number of amides is 1. The lowest BCUT2D eigenvalue weighted by atomic mass is 9.86. The van der Waals surface area contributed by atoms with Crippen molar-refractivity contribution < 1.29 is 4.79 Å². The highest BCUT2D eigenvalue weighted by molar-refractivity contribution is 6.09. The highest BCUT2D eigenvalue weighted by atomic mass is 16.2. The summed E-state index contributed by atoms with van der Waals surface area (Å²) in [5.41, 5.74) is 6.25. The van der Waals surface area contributed by atoms with Crippen LogP contribution in [0, 0.1) is 6.92 Å². The van der Waals surface area contributed by atoms with E-state index in [1.54, 1.807) is 0 Å². The quantitative estimate of drug-likeness (QED) is 0.545. The minimum Gasteiger partial charge on any atom is -0.342 e. The second-order valence-electron chi connectivity index (χ2n) is 8.84. The van der Waals surface area contributed by atoms with Crippen LogP contribution in [0.25, 0.3) is 11.0 Å². The van der Waals surface area contributed by atoms with Crippen LogP contribution in [-0.4, -0.2) is 22.4 Å². The maximum Gasteiger partial charge on any atom is 0.237 e. The molecule has 1 aromatic heterocycles. The van der Waals surface area contributed by atoms with Gasteiger partial charge < -0.3 is 9.88 Å². The zero-order chi connectivity index (χ0) is 20.6. The molecular weight excluding hydrogens is 358 g/mol. The molecule has 0 radical (unpaired) electrons. The molecule has 1 aliphatic heterocycles. The van der Waals surface area contributed by atoms with Crippen molar-refractivity contribution >= 4 is 22.6 Å². The van der Waals surface area contributed by atoms with Crippen molar-refractivity contribution in [2.45, 2.75) is 65.2 Å². The normalized spacial score (nSPS) is 15.3. The summed E-state index contributed by atoms with van der Waals surface area (Å²) in [5.74, 6) is 1.21. The van der Waals surface area contributed by atoms with Crippen LogP contribution in [-0.2, 0) is 23.1 Å². The lowest BCUT2D eigenvalue weighted by Crippen LogP contribution is -2.36. The van der Waals surface area contributed by atoms with Gasteiger partial charge in [-0.3, -0.25) is 4.79 Å². The number of fused-ring (bicyclic) bond motifs is 2. The van der Waals surface area contributed by atoms with E-state index in [2.05, 4.69) is 55.2 Å². The number of aromatic nitrogens is 2. The Balaban J connectivity index is 1.60. The molecule has 4 heteroatoms. The molecule has 1 aliphatic rings. The molecule has 0 saturated heterocycles. The fraction of sp³-hybridized carbons (Fsp3) is 0.440. The molecule has 152 valence electrons. The summed E-state index contributed by atoms with van der Waals surface area (Å²) >= 11 is 0. The fourth-order valence-electron chi connectivity index (χ4n) is 4.26. The number of imidazole rings is 1. The van der Waals surface area contributed by atoms with Gasteiger partial charge in [0.1, 0.15) is 5.82 Å². The minimum atomic E-state index is -0.489. The Morgan fingerprint density at radius 1 is 1.07 bits per heavy atom. The first-order chi connectivity index (χ1) is 13.9. The molecule has 3 aromatic rings. The minimum absolute atomic E-state index is 0.204. The van der Waals surface area contributed by atoms with Gasteiger partial charge in [-0.25, -0.2) is 4.98 Å². The molecule has 0 unspecified atom stereocenters. The Kier molecular flexibility index (Phi) is 5.20. The van der Waals surface area contributed by atoms with E-state index in [1.165, 1.54) is 11.1 Å². The average Bonchev–Trinajstić information content (AvgIpc) is 3.18. The highest BCUT2D eigenvalue weighted by Crippen LogP contribution is 2.43. The number of unbranched alkanes of at least 4 members (excludes halogenated alkanes) is 2. The van der Waals surface area contributed by atoms with Crippen molar-refractivity contribution in [1.82, 2.24) is 9.97 Å². The first kappa shape index (κ1) is 19.7. The van der Waals surface area contributed by atoms with E-state index in [9.17, 15) is 4.79 Å². The van der Waals surface area contributed by atoms with Gasteiger partial charge in [0.2, 0.25) is 5.91 Å². The summed E-state index contributed by atoms with van der Waals surface area (Å²) in [6, 6.07) is 12.9. The number of H-pyrrole nitrogens is 1. The summed E-state index contributed by atoms with van der Waals surface area (Å²) in [6.07, 6.45) is 5.19. The fourth-order valence-corrected chi connectivity index (χ4v) is 4.26. The zero-order valence-electron chi connectivity index (χ0n) is 18.0. The van der Waals surface area contributed by atoms with Gasteiger partial charge >= 0.3 is 0 Å². The van der Waals surface area contributed by atoms with Gasteiger partial charge in [0.25, 0.3) is 0 Å². The van der Waals surface area contributed by atoms with Gasteiger partial charge in [0.05, 0.1) is 22.1 Å². The van der Waals surface area contributed by atoms with Crippen molar-refractivity contribution in [3.8, 4) is 0 Å². The van der Waals surface area contributed by atoms with Gasteiger partial charge in [-0.05, 0) is 56.9 Å². The van der Waals surface area contributed by atoms with Crippen LogP contribution in [0.3, 0.4) is 0 Å². The van der Waals surface area contributed by atoms with E-state index in [1.807, 2.05) is 18.7 Å². The highest BCUT2D eigenvalue weighted by Gasteiger charge is 2.43. The van der Waals surface area contributed by atoms with Gasteiger partial charge in [0, 0.05) is 13.0 Å². The number of carbonyl (C=O) groups excluding carboxylic acids is 1. The van der Waals surface area contributed by atoms with Crippen LogP contribution in [0.15, 0.2) is 36.4 Å². The number of hydrogen-bond donors (Lipinski definition) is 1. The third-order valence-corrected chi connectivity index (χ3v) is 6.15. The van der Waals surface area contributed by atoms with Crippen molar-refractivity contribution in [1.29, 1.82) is 0 Å². The number of aromatic amines is 1. The lowest BCUT2D eigenvalue weighted by Gasteiger charge is -2.20. The van der Waals surface area contributed by atoms with Gasteiger partial charge in [0.15, 0.2) is 0 Å². The van der Waals surface area contributed by atoms with Crippen molar-refractivity contribution in [3.05, 3.63) is 58.9 Å². The Hall–Kier alpha value is -2.62. The zero-order valence-corrected chi connectivity index (χ0v) is 18.0. The average molecular weight is 390 g/mol. The van der Waals surface area contributed by atoms with Crippen molar-refractivity contribution in [3.63, 3.8) is 0 Å². The molecule has 0 aliphatic carbocycles. The number of aryl methyl sites for hydroxylation is 3. The number of hydrogen-bond acceptors (Lipinski definition) is 2. The van der Waals surface area contributed by atoms with Crippen molar-refractivity contribution in [2.75, 3.05) is 11.4 Å². The molecule has 2 heterocycles. The van der Waals surface area contributed by atoms with Crippen LogP contribution in [0.4, 0.5) is 5.69 Å². The van der Waals surface area contributed by atoms with E-state index in [0.717, 1.165) is 66.8 Å². The number of nitrogens with zero attached hydrogens (tertiary/aromatic N) is 2. The maximum atomic E-state index is 13.0. The smallest absolute Gasteiger partial charge is 0.237 e. The number of carbonyl (C=O) groups is 1. The van der Waals surface area contributed by atoms with E-state index in [0.29, 0.717) is 0 Å². The van der Waals surface area contributed by atoms with Crippen LogP contribution >= 0.6 is 0 Å². The molecule has 0 bridgehead atoms. The number of rotatable bonds is 7. The standard InChI is InChI=1S/C25H31N3O/c1-5-6-7-14-28-22-16-21-20(15-19(22)25(3,4)24(28)29)26-23(27-21)13-12-18-10-8-17(2)9-11-18/h8-11,15-16H,5-7,12-14H2,1-4H3,(H,26,27). The van der Waals surface area contributed by atoms with E-state index >= 15 is 0 Å². The predicted octanol–water partition coefficient (Wildman–Crippen LogP) is 5.47. The van der Waals surface area contributed by atoms with Crippen LogP contribution < -0.4 is 4.90 Å². The SMILES string of the molecule is CCCCCN1C(=O)C(C)(C)c2cc3nc(CCc4ccc(C)cc4)[nH]c3cc21. The molecule has 0 atom stereocenters. The maximum absolute atomic E-state index is 13.0. The van der Waals surface area contributed by atoms with Crippen molar-refractivity contribution in [2.24, 2.45) is 0 Å². The molecular formula is C25H31N3O. The predicted molar refractivity (Wildman–Crippen MR) is 120 cm³/mol. The van der Waals surface area contributed by atoms with E-state index in [4.69, 9.17) is 4.98 Å². The third kappa shape index (κ3) is 3.68. The van der Waals surface area contributed by atoms with Gasteiger partial charge in [-0.1, -0.05) is 49.6 Å². The molecule has 4 nitrogen and oxygen atoms in total. The molecule has 2 aromatic carbocycles. The van der Waals surface area contributed by atoms with E-state index < -0.39 is 5.41 Å². The summed E-state index contributed by atoms with van der Waals surface area (Å²) in [5, 5.41) is 0. The summed E-state index contributed by atoms with van der Waals surface area (Å²) < 4.78 is 0. The Bertz CT molecular complexity index is 1030. The monoisotopic (exact) mass is 389 g/mol. The largest absolute Gasteiger partial charge is 0.342 e. The topological polar surface area (TPSA) is 49.0 Å².